The molecule has 0 aromatic carbocycles. The summed E-state index contributed by atoms with van der Waals surface area (Å²) in [5.41, 5.74) is 2.66. The molecule has 0 aliphatic carbocycles. The van der Waals surface area contributed by atoms with Gasteiger partial charge in [-0.15, -0.1) is 0 Å². The SMILES string of the molecule is CNc1ncnc2ccc(C)nc12. The predicted octanol–water partition coefficient (Wildman–Crippen LogP) is 1.37. The molecule has 0 amide bonds. The zero-order chi connectivity index (χ0) is 9.26. The summed E-state index contributed by atoms with van der Waals surface area (Å²) in [6, 6.07) is 3.88. The van der Waals surface area contributed by atoms with Gasteiger partial charge >= 0.3 is 0 Å². The van der Waals surface area contributed by atoms with Crippen LogP contribution < -0.4 is 5.32 Å². The summed E-state index contributed by atoms with van der Waals surface area (Å²) in [4.78, 5) is 12.6. The van der Waals surface area contributed by atoms with E-state index in [-0.39, 0.29) is 0 Å². The van der Waals surface area contributed by atoms with Crippen LogP contribution in [0.1, 0.15) is 5.69 Å². The Bertz CT molecular complexity index is 439. The Morgan fingerprint density at radius 3 is 2.85 bits per heavy atom. The van der Waals surface area contributed by atoms with E-state index >= 15 is 0 Å². The van der Waals surface area contributed by atoms with Gasteiger partial charge in [-0.3, -0.25) is 0 Å². The van der Waals surface area contributed by atoms with Crippen LogP contribution in [0, 0.1) is 6.92 Å². The number of anilines is 1. The first-order valence-corrected chi connectivity index (χ1v) is 4.07. The van der Waals surface area contributed by atoms with Gasteiger partial charge in [0.25, 0.3) is 0 Å². The second-order valence-corrected chi connectivity index (χ2v) is 2.79. The first kappa shape index (κ1) is 7.91. The second-order valence-electron chi connectivity index (χ2n) is 2.79. The van der Waals surface area contributed by atoms with Gasteiger partial charge in [-0.1, -0.05) is 0 Å². The van der Waals surface area contributed by atoms with Crippen LogP contribution in [0.5, 0.6) is 0 Å². The minimum atomic E-state index is 0.772. The highest BCUT2D eigenvalue weighted by Crippen LogP contribution is 2.15. The van der Waals surface area contributed by atoms with Crippen molar-refractivity contribution in [1.29, 1.82) is 0 Å². The molecule has 66 valence electrons. The van der Waals surface area contributed by atoms with Crippen LogP contribution in [0.15, 0.2) is 18.5 Å². The van der Waals surface area contributed by atoms with Crippen molar-refractivity contribution in [3.8, 4) is 0 Å². The van der Waals surface area contributed by atoms with E-state index in [0.29, 0.717) is 0 Å². The summed E-state index contributed by atoms with van der Waals surface area (Å²) in [6.45, 7) is 1.95. The number of nitrogens with one attached hydrogen (secondary N) is 1. The minimum Gasteiger partial charge on any atom is -0.371 e. The van der Waals surface area contributed by atoms with E-state index in [4.69, 9.17) is 0 Å². The molecule has 0 fully saturated rings. The molecule has 4 nitrogen and oxygen atoms in total. The standard InChI is InChI=1S/C9H10N4/c1-6-3-4-7-8(13-6)9(10-2)12-5-11-7/h3-5H,1-2H3,(H,10,11,12). The first-order chi connectivity index (χ1) is 6.31. The van der Waals surface area contributed by atoms with Crippen molar-refractivity contribution in [2.45, 2.75) is 6.92 Å². The highest BCUT2D eigenvalue weighted by Gasteiger charge is 2.02. The number of hydrogen-bond donors (Lipinski definition) is 1. The smallest absolute Gasteiger partial charge is 0.155 e. The molecule has 0 saturated heterocycles. The lowest BCUT2D eigenvalue weighted by molar-refractivity contribution is 1.16. The molecule has 0 atom stereocenters. The summed E-state index contributed by atoms with van der Waals surface area (Å²) in [5.74, 6) is 0.772. The van der Waals surface area contributed by atoms with Crippen LogP contribution in [0.3, 0.4) is 0 Å². The molecule has 0 saturated carbocycles. The molecule has 2 rings (SSSR count). The summed E-state index contributed by atoms with van der Waals surface area (Å²) in [7, 11) is 1.83. The predicted molar refractivity (Wildman–Crippen MR) is 51.6 cm³/mol. The zero-order valence-electron chi connectivity index (χ0n) is 7.57. The zero-order valence-corrected chi connectivity index (χ0v) is 7.57. The van der Waals surface area contributed by atoms with Crippen molar-refractivity contribution in [2.75, 3.05) is 12.4 Å². The molecule has 0 unspecified atom stereocenters. The monoisotopic (exact) mass is 174 g/mol. The molecule has 1 N–H and O–H groups in total. The number of hydrogen-bond acceptors (Lipinski definition) is 4. The number of fused-ring (bicyclic) bond motifs is 1. The molecule has 0 radical (unpaired) electrons. The summed E-state index contributed by atoms with van der Waals surface area (Å²) in [6.07, 6.45) is 1.53. The van der Waals surface area contributed by atoms with Gasteiger partial charge in [0.05, 0.1) is 5.52 Å². The molecule has 0 aliphatic rings. The van der Waals surface area contributed by atoms with Crippen molar-refractivity contribution < 1.29 is 0 Å². The molecular weight excluding hydrogens is 164 g/mol. The lowest BCUT2D eigenvalue weighted by atomic mass is 10.3. The maximum atomic E-state index is 4.36. The quantitative estimate of drug-likeness (QED) is 0.709. The largest absolute Gasteiger partial charge is 0.371 e. The van der Waals surface area contributed by atoms with E-state index in [9.17, 15) is 0 Å². The third-order valence-corrected chi connectivity index (χ3v) is 1.86. The van der Waals surface area contributed by atoms with Gasteiger partial charge in [0.15, 0.2) is 5.82 Å². The number of nitrogens with zero attached hydrogens (tertiary/aromatic N) is 3. The Kier molecular flexibility index (Phi) is 1.81. The van der Waals surface area contributed by atoms with Crippen molar-refractivity contribution in [1.82, 2.24) is 15.0 Å². The van der Waals surface area contributed by atoms with E-state index in [1.165, 1.54) is 6.33 Å². The average Bonchev–Trinajstić information content (AvgIpc) is 2.17. The van der Waals surface area contributed by atoms with Crippen LogP contribution in [-0.4, -0.2) is 22.0 Å². The molecule has 0 bridgehead atoms. The summed E-state index contributed by atoms with van der Waals surface area (Å²) < 4.78 is 0. The highest BCUT2D eigenvalue weighted by atomic mass is 15.0. The maximum Gasteiger partial charge on any atom is 0.155 e. The van der Waals surface area contributed by atoms with Gasteiger partial charge in [-0.25, -0.2) is 15.0 Å². The highest BCUT2D eigenvalue weighted by molar-refractivity contribution is 5.84. The van der Waals surface area contributed by atoms with Crippen LogP contribution in [0.4, 0.5) is 5.82 Å². The van der Waals surface area contributed by atoms with Crippen LogP contribution in [0.2, 0.25) is 0 Å². The lowest BCUT2D eigenvalue weighted by Gasteiger charge is -2.02. The fraction of sp³-hybridized carbons (Fsp3) is 0.222. The molecular formula is C9H10N4. The van der Waals surface area contributed by atoms with Gasteiger partial charge < -0.3 is 5.32 Å². The van der Waals surface area contributed by atoms with Gasteiger partial charge in [-0.2, -0.15) is 0 Å². The van der Waals surface area contributed by atoms with E-state index in [0.717, 1.165) is 22.5 Å². The second kappa shape index (κ2) is 2.97. The molecule has 0 aliphatic heterocycles. The van der Waals surface area contributed by atoms with Gasteiger partial charge in [-0.05, 0) is 19.1 Å². The Labute approximate surface area is 76.1 Å². The van der Waals surface area contributed by atoms with Crippen LogP contribution >= 0.6 is 0 Å². The Balaban J connectivity index is 2.79. The van der Waals surface area contributed by atoms with Gasteiger partial charge in [0.2, 0.25) is 0 Å². The third kappa shape index (κ3) is 1.30. The molecule has 4 heteroatoms. The number of rotatable bonds is 1. The summed E-state index contributed by atoms with van der Waals surface area (Å²) in [5, 5.41) is 2.98. The van der Waals surface area contributed by atoms with E-state index in [1.54, 1.807) is 0 Å². The minimum absolute atomic E-state index is 0.772. The molecule has 0 spiro atoms. The fourth-order valence-electron chi connectivity index (χ4n) is 1.22. The molecule has 2 aromatic rings. The normalized spacial score (nSPS) is 10.3. The van der Waals surface area contributed by atoms with Crippen LogP contribution in [-0.2, 0) is 0 Å². The van der Waals surface area contributed by atoms with Crippen molar-refractivity contribution in [3.63, 3.8) is 0 Å². The van der Waals surface area contributed by atoms with E-state index in [1.807, 2.05) is 26.1 Å². The number of aromatic nitrogens is 3. The van der Waals surface area contributed by atoms with Crippen molar-refractivity contribution in [2.24, 2.45) is 0 Å². The molecule has 13 heavy (non-hydrogen) atoms. The Morgan fingerprint density at radius 2 is 2.08 bits per heavy atom. The van der Waals surface area contributed by atoms with E-state index in [2.05, 4.69) is 20.3 Å². The Morgan fingerprint density at radius 1 is 1.23 bits per heavy atom. The van der Waals surface area contributed by atoms with E-state index < -0.39 is 0 Å². The maximum absolute atomic E-state index is 4.36. The average molecular weight is 174 g/mol. The summed E-state index contributed by atoms with van der Waals surface area (Å²) >= 11 is 0. The van der Waals surface area contributed by atoms with Crippen molar-refractivity contribution in [3.05, 3.63) is 24.2 Å². The van der Waals surface area contributed by atoms with Crippen LogP contribution in [0.25, 0.3) is 11.0 Å². The van der Waals surface area contributed by atoms with Crippen molar-refractivity contribution >= 4 is 16.9 Å². The Hall–Kier alpha value is -1.71. The lowest BCUT2D eigenvalue weighted by Crippen LogP contribution is -1.97. The first-order valence-electron chi connectivity index (χ1n) is 4.07. The fourth-order valence-corrected chi connectivity index (χ4v) is 1.22. The number of aryl methyl sites for hydroxylation is 1. The number of pyridine rings is 1. The molecule has 2 heterocycles. The molecule has 2 aromatic heterocycles. The van der Waals surface area contributed by atoms with Gasteiger partial charge in [0.1, 0.15) is 11.8 Å². The topological polar surface area (TPSA) is 50.7 Å². The third-order valence-electron chi connectivity index (χ3n) is 1.86. The van der Waals surface area contributed by atoms with Gasteiger partial charge in [0, 0.05) is 12.7 Å².